The fourth-order valence-corrected chi connectivity index (χ4v) is 3.48. The number of carbonyl (C=O) groups excluding carboxylic acids is 1. The van der Waals surface area contributed by atoms with Gasteiger partial charge in [0.05, 0.1) is 12.4 Å². The van der Waals surface area contributed by atoms with Crippen LogP contribution < -0.4 is 4.74 Å². The lowest BCUT2D eigenvalue weighted by Gasteiger charge is -2.11. The van der Waals surface area contributed by atoms with E-state index in [4.69, 9.17) is 9.15 Å². The van der Waals surface area contributed by atoms with Gasteiger partial charge in [0.25, 0.3) is 0 Å². The molecule has 0 spiro atoms. The van der Waals surface area contributed by atoms with E-state index in [0.717, 1.165) is 0 Å². The number of methoxy groups -OCH3 is 1. The molecule has 29 heavy (non-hydrogen) atoms. The van der Waals surface area contributed by atoms with Gasteiger partial charge in [-0.3, -0.25) is 4.57 Å². The third-order valence-electron chi connectivity index (χ3n) is 3.99. The minimum Gasteiger partial charge on any atom is -0.483 e. The van der Waals surface area contributed by atoms with Crippen molar-refractivity contribution in [3.8, 4) is 5.75 Å². The third kappa shape index (κ3) is 4.86. The fourth-order valence-electron chi connectivity index (χ4n) is 2.53. The zero-order valence-electron chi connectivity index (χ0n) is 16.0. The molecular weight excluding hydrogens is 397 g/mol. The van der Waals surface area contributed by atoms with Gasteiger partial charge < -0.3 is 13.9 Å². The van der Waals surface area contributed by atoms with Crippen LogP contribution in [0.1, 0.15) is 34.3 Å². The highest BCUT2D eigenvalue weighted by Crippen LogP contribution is 2.35. The van der Waals surface area contributed by atoms with Gasteiger partial charge in [-0.1, -0.05) is 30.0 Å². The van der Waals surface area contributed by atoms with Crippen LogP contribution in [0.15, 0.2) is 58.6 Å². The lowest BCUT2D eigenvalue weighted by Crippen LogP contribution is -2.08. The summed E-state index contributed by atoms with van der Waals surface area (Å²) in [6, 6.07) is 9.47. The summed E-state index contributed by atoms with van der Waals surface area (Å²) in [5.74, 6) is 0.460. The standard InChI is InChI=1S/C20H20FN3O4S/c1-4-11-24-18(12-27-16-8-6-5-7-14(16)21)22-23-20(24)29-13(2)15-9-10-17(28-15)19(25)26-3/h4-10,13H,1,11-12H2,2-3H3. The Labute approximate surface area is 171 Å². The minimum atomic E-state index is -0.532. The number of ether oxygens (including phenoxy) is 2. The van der Waals surface area contributed by atoms with E-state index in [1.807, 2.05) is 11.5 Å². The van der Waals surface area contributed by atoms with Gasteiger partial charge in [0.1, 0.15) is 12.4 Å². The van der Waals surface area contributed by atoms with Crippen molar-refractivity contribution in [2.75, 3.05) is 7.11 Å². The number of hydrogen-bond donors (Lipinski definition) is 0. The molecule has 0 aliphatic heterocycles. The zero-order valence-corrected chi connectivity index (χ0v) is 16.8. The number of carbonyl (C=O) groups is 1. The van der Waals surface area contributed by atoms with Crippen molar-refractivity contribution < 1.29 is 23.1 Å². The predicted molar refractivity (Wildman–Crippen MR) is 105 cm³/mol. The maximum atomic E-state index is 13.8. The van der Waals surface area contributed by atoms with Crippen molar-refractivity contribution in [2.24, 2.45) is 0 Å². The van der Waals surface area contributed by atoms with Crippen molar-refractivity contribution in [1.82, 2.24) is 14.8 Å². The molecule has 1 unspecified atom stereocenters. The van der Waals surface area contributed by atoms with Crippen LogP contribution in [0.5, 0.6) is 5.75 Å². The van der Waals surface area contributed by atoms with Crippen LogP contribution in [0, 0.1) is 5.82 Å². The molecule has 2 heterocycles. The molecular formula is C20H20FN3O4S. The van der Waals surface area contributed by atoms with Gasteiger partial charge in [-0.05, 0) is 31.2 Å². The van der Waals surface area contributed by atoms with Gasteiger partial charge in [0, 0.05) is 6.54 Å². The molecule has 0 saturated heterocycles. The van der Waals surface area contributed by atoms with Crippen LogP contribution >= 0.6 is 11.8 Å². The first kappa shape index (κ1) is 20.7. The summed E-state index contributed by atoms with van der Waals surface area (Å²) < 4.78 is 31.3. The molecule has 3 aromatic rings. The van der Waals surface area contributed by atoms with Gasteiger partial charge in [0.2, 0.25) is 5.76 Å². The number of thioether (sulfide) groups is 1. The Morgan fingerprint density at radius 3 is 2.86 bits per heavy atom. The highest BCUT2D eigenvalue weighted by Gasteiger charge is 2.20. The average Bonchev–Trinajstić information content (AvgIpc) is 3.35. The van der Waals surface area contributed by atoms with Crippen molar-refractivity contribution in [3.63, 3.8) is 0 Å². The Morgan fingerprint density at radius 2 is 2.14 bits per heavy atom. The van der Waals surface area contributed by atoms with Crippen LogP contribution in [0.3, 0.4) is 0 Å². The zero-order chi connectivity index (χ0) is 20.8. The number of esters is 1. The largest absolute Gasteiger partial charge is 0.483 e. The van der Waals surface area contributed by atoms with Crippen molar-refractivity contribution in [2.45, 2.75) is 30.5 Å². The number of rotatable bonds is 9. The van der Waals surface area contributed by atoms with E-state index in [-0.39, 0.29) is 23.4 Å². The van der Waals surface area contributed by atoms with E-state index < -0.39 is 11.8 Å². The Kier molecular flexibility index (Phi) is 6.71. The Balaban J connectivity index is 1.74. The number of benzene rings is 1. The number of halogens is 1. The van der Waals surface area contributed by atoms with Crippen LogP contribution in [0.4, 0.5) is 4.39 Å². The number of furan rings is 1. The van der Waals surface area contributed by atoms with E-state index in [1.54, 1.807) is 36.4 Å². The van der Waals surface area contributed by atoms with Gasteiger partial charge in [-0.2, -0.15) is 0 Å². The average molecular weight is 417 g/mol. The Bertz CT molecular complexity index is 1000. The molecule has 7 nitrogen and oxygen atoms in total. The number of hydrogen-bond acceptors (Lipinski definition) is 7. The van der Waals surface area contributed by atoms with E-state index in [0.29, 0.717) is 23.3 Å². The van der Waals surface area contributed by atoms with E-state index in [1.165, 1.54) is 24.9 Å². The molecule has 3 rings (SSSR count). The molecule has 0 aliphatic carbocycles. The monoisotopic (exact) mass is 417 g/mol. The summed E-state index contributed by atoms with van der Waals surface area (Å²) in [6.45, 7) is 6.21. The molecule has 0 fully saturated rings. The van der Waals surface area contributed by atoms with Crippen molar-refractivity contribution >= 4 is 17.7 Å². The summed E-state index contributed by atoms with van der Waals surface area (Å²) in [6.07, 6.45) is 1.72. The summed E-state index contributed by atoms with van der Waals surface area (Å²) in [5, 5.41) is 8.87. The number of aromatic nitrogens is 3. The molecule has 0 N–H and O–H groups in total. The van der Waals surface area contributed by atoms with Gasteiger partial charge >= 0.3 is 5.97 Å². The molecule has 1 atom stereocenters. The summed E-state index contributed by atoms with van der Waals surface area (Å²) in [4.78, 5) is 11.6. The lowest BCUT2D eigenvalue weighted by atomic mass is 10.3. The molecule has 0 bridgehead atoms. The normalized spacial score (nSPS) is 11.8. The smallest absolute Gasteiger partial charge is 0.373 e. The minimum absolute atomic E-state index is 0.0595. The van der Waals surface area contributed by atoms with Crippen LogP contribution in [0.25, 0.3) is 0 Å². The topological polar surface area (TPSA) is 79.4 Å². The lowest BCUT2D eigenvalue weighted by molar-refractivity contribution is 0.0563. The first-order valence-electron chi connectivity index (χ1n) is 8.78. The Hall–Kier alpha value is -3.07. The quantitative estimate of drug-likeness (QED) is 0.290. The molecule has 152 valence electrons. The highest BCUT2D eigenvalue weighted by molar-refractivity contribution is 7.99. The van der Waals surface area contributed by atoms with Gasteiger partial charge in [-0.15, -0.1) is 16.8 Å². The molecule has 0 radical (unpaired) electrons. The second-order valence-electron chi connectivity index (χ2n) is 5.97. The molecule has 2 aromatic heterocycles. The third-order valence-corrected chi connectivity index (χ3v) is 5.09. The van der Waals surface area contributed by atoms with Crippen LogP contribution in [-0.4, -0.2) is 27.8 Å². The highest BCUT2D eigenvalue weighted by atomic mass is 32.2. The molecule has 0 amide bonds. The van der Waals surface area contributed by atoms with Crippen LogP contribution in [0.2, 0.25) is 0 Å². The predicted octanol–water partition coefficient (Wildman–Crippen LogP) is 4.42. The number of allylic oxidation sites excluding steroid dienone is 1. The number of nitrogens with zero attached hydrogens (tertiary/aromatic N) is 3. The second kappa shape index (κ2) is 9.42. The number of para-hydroxylation sites is 1. The van der Waals surface area contributed by atoms with Crippen molar-refractivity contribution in [3.05, 3.63) is 72.2 Å². The van der Waals surface area contributed by atoms with Gasteiger partial charge in [0.15, 0.2) is 22.5 Å². The van der Waals surface area contributed by atoms with E-state index in [9.17, 15) is 9.18 Å². The summed E-state index contributed by atoms with van der Waals surface area (Å²) >= 11 is 1.41. The fraction of sp³-hybridized carbons (Fsp3) is 0.250. The first-order valence-corrected chi connectivity index (χ1v) is 9.66. The summed E-state index contributed by atoms with van der Waals surface area (Å²) in [7, 11) is 1.30. The molecule has 0 aliphatic rings. The maximum absolute atomic E-state index is 13.8. The van der Waals surface area contributed by atoms with Crippen LogP contribution in [-0.2, 0) is 17.9 Å². The molecule has 1 aromatic carbocycles. The summed E-state index contributed by atoms with van der Waals surface area (Å²) in [5.41, 5.74) is 0. The SMILES string of the molecule is C=CCn1c(COc2ccccc2F)nnc1SC(C)c1ccc(C(=O)OC)o1. The van der Waals surface area contributed by atoms with E-state index in [2.05, 4.69) is 21.5 Å². The van der Waals surface area contributed by atoms with Gasteiger partial charge in [-0.25, -0.2) is 9.18 Å². The second-order valence-corrected chi connectivity index (χ2v) is 7.28. The van der Waals surface area contributed by atoms with E-state index >= 15 is 0 Å². The Morgan fingerprint density at radius 1 is 1.34 bits per heavy atom. The first-order chi connectivity index (χ1) is 14.0. The molecule has 0 saturated carbocycles. The molecule has 9 heteroatoms. The van der Waals surface area contributed by atoms with Crippen molar-refractivity contribution in [1.29, 1.82) is 0 Å². The maximum Gasteiger partial charge on any atom is 0.373 e.